The lowest BCUT2D eigenvalue weighted by atomic mass is 10.0. The van der Waals surface area contributed by atoms with E-state index in [1.54, 1.807) is 17.0 Å². The van der Waals surface area contributed by atoms with Crippen LogP contribution in [0.1, 0.15) is 30.9 Å². The first-order valence-electron chi connectivity index (χ1n) is 8.89. The number of hydrogen-bond acceptors (Lipinski definition) is 3. The Bertz CT molecular complexity index is 757. The Balaban J connectivity index is 1.62. The van der Waals surface area contributed by atoms with E-state index in [0.717, 1.165) is 31.5 Å². The van der Waals surface area contributed by atoms with Gasteiger partial charge < -0.3 is 21.3 Å². The molecule has 6 heteroatoms. The smallest absolute Gasteiger partial charge is 0.321 e. The lowest BCUT2D eigenvalue weighted by molar-refractivity contribution is -0.116. The molecule has 0 aliphatic carbocycles. The summed E-state index contributed by atoms with van der Waals surface area (Å²) in [5, 5.41) is 5.74. The average Bonchev–Trinajstić information content (AvgIpc) is 3.19. The first-order chi connectivity index (χ1) is 12.6. The highest BCUT2D eigenvalue weighted by Crippen LogP contribution is 2.23. The molecule has 1 aliphatic heterocycles. The topological polar surface area (TPSA) is 87.5 Å². The maximum Gasteiger partial charge on any atom is 0.321 e. The van der Waals surface area contributed by atoms with Crippen LogP contribution < -0.4 is 16.4 Å². The van der Waals surface area contributed by atoms with E-state index in [0.29, 0.717) is 11.4 Å². The van der Waals surface area contributed by atoms with Gasteiger partial charge in [-0.3, -0.25) is 4.79 Å². The van der Waals surface area contributed by atoms with E-state index in [-0.39, 0.29) is 24.4 Å². The highest BCUT2D eigenvalue weighted by molar-refractivity contribution is 5.99. The number of hydrogen-bond donors (Lipinski definition) is 3. The van der Waals surface area contributed by atoms with Crippen molar-refractivity contribution in [2.75, 3.05) is 23.7 Å². The number of para-hydroxylation sites is 2. The number of nitrogens with two attached hydrogens (primary N) is 1. The van der Waals surface area contributed by atoms with Crippen molar-refractivity contribution in [2.24, 2.45) is 5.73 Å². The Morgan fingerprint density at radius 3 is 2.15 bits per heavy atom. The number of amides is 3. The van der Waals surface area contributed by atoms with E-state index in [1.807, 2.05) is 42.5 Å². The van der Waals surface area contributed by atoms with E-state index < -0.39 is 0 Å². The molecule has 136 valence electrons. The predicted molar refractivity (Wildman–Crippen MR) is 103 cm³/mol. The summed E-state index contributed by atoms with van der Waals surface area (Å²) in [7, 11) is 0. The van der Waals surface area contributed by atoms with Crippen LogP contribution in [-0.4, -0.2) is 29.9 Å². The molecule has 1 heterocycles. The fourth-order valence-electron chi connectivity index (χ4n) is 3.03. The Morgan fingerprint density at radius 1 is 0.923 bits per heavy atom. The molecule has 4 N–H and O–H groups in total. The van der Waals surface area contributed by atoms with Gasteiger partial charge in [0.1, 0.15) is 0 Å². The monoisotopic (exact) mass is 352 g/mol. The molecule has 26 heavy (non-hydrogen) atoms. The minimum atomic E-state index is -0.373. The number of carbonyl (C=O) groups excluding carboxylic acids is 2. The molecule has 0 saturated carbocycles. The maximum absolute atomic E-state index is 12.4. The van der Waals surface area contributed by atoms with Crippen LogP contribution in [0.15, 0.2) is 54.6 Å². The minimum Gasteiger partial charge on any atom is -0.325 e. The third-order valence-corrected chi connectivity index (χ3v) is 4.47. The number of urea groups is 1. The summed E-state index contributed by atoms with van der Waals surface area (Å²) in [6.07, 6.45) is 2.23. The largest absolute Gasteiger partial charge is 0.325 e. The summed E-state index contributed by atoms with van der Waals surface area (Å²) in [5.41, 5.74) is 8.19. The zero-order valence-electron chi connectivity index (χ0n) is 14.7. The highest BCUT2D eigenvalue weighted by Gasteiger charge is 2.19. The van der Waals surface area contributed by atoms with Crippen LogP contribution in [0.25, 0.3) is 0 Å². The zero-order valence-corrected chi connectivity index (χ0v) is 14.7. The van der Waals surface area contributed by atoms with Crippen molar-refractivity contribution in [3.05, 3.63) is 60.2 Å². The van der Waals surface area contributed by atoms with Crippen LogP contribution in [0.3, 0.4) is 0 Å². The molecule has 0 radical (unpaired) electrons. The van der Waals surface area contributed by atoms with Gasteiger partial charge in [-0.05, 0) is 30.5 Å². The van der Waals surface area contributed by atoms with Crippen molar-refractivity contribution >= 4 is 23.3 Å². The summed E-state index contributed by atoms with van der Waals surface area (Å²) in [6.45, 7) is 1.54. The van der Waals surface area contributed by atoms with Gasteiger partial charge in [0.05, 0.1) is 11.4 Å². The summed E-state index contributed by atoms with van der Waals surface area (Å²) in [4.78, 5) is 26.5. The van der Waals surface area contributed by atoms with Crippen LogP contribution in [-0.2, 0) is 4.79 Å². The van der Waals surface area contributed by atoms with Gasteiger partial charge in [0.25, 0.3) is 0 Å². The summed E-state index contributed by atoms with van der Waals surface area (Å²) >= 11 is 0. The molecular weight excluding hydrogens is 328 g/mol. The standard InChI is InChI=1S/C20H24N4O2/c21-16(15-8-2-1-3-9-15)14-19(25)22-17-10-4-5-11-18(17)23-20(26)24-12-6-7-13-24/h1-5,8-11,16H,6-7,12-14,21H2,(H,22,25)(H,23,26). The van der Waals surface area contributed by atoms with Crippen LogP contribution in [0.2, 0.25) is 0 Å². The Hall–Kier alpha value is -2.86. The van der Waals surface area contributed by atoms with Gasteiger partial charge in [-0.1, -0.05) is 42.5 Å². The van der Waals surface area contributed by atoms with Crippen molar-refractivity contribution in [3.63, 3.8) is 0 Å². The van der Waals surface area contributed by atoms with Crippen molar-refractivity contribution in [2.45, 2.75) is 25.3 Å². The van der Waals surface area contributed by atoms with Gasteiger partial charge >= 0.3 is 6.03 Å². The van der Waals surface area contributed by atoms with E-state index in [1.165, 1.54) is 0 Å². The predicted octanol–water partition coefficient (Wildman–Crippen LogP) is 3.34. The molecule has 1 saturated heterocycles. The number of likely N-dealkylation sites (tertiary alicyclic amines) is 1. The molecule has 0 bridgehead atoms. The van der Waals surface area contributed by atoms with Gasteiger partial charge in [0, 0.05) is 25.6 Å². The van der Waals surface area contributed by atoms with Crippen LogP contribution in [0, 0.1) is 0 Å². The molecule has 1 aliphatic rings. The second-order valence-electron chi connectivity index (χ2n) is 6.44. The molecule has 6 nitrogen and oxygen atoms in total. The lowest BCUT2D eigenvalue weighted by Gasteiger charge is -2.18. The average molecular weight is 352 g/mol. The zero-order chi connectivity index (χ0) is 18.4. The Labute approximate surface area is 153 Å². The van der Waals surface area contributed by atoms with E-state index in [9.17, 15) is 9.59 Å². The normalized spacial score (nSPS) is 14.7. The van der Waals surface area contributed by atoms with Gasteiger partial charge in [0.15, 0.2) is 0 Å². The molecule has 3 amide bonds. The maximum atomic E-state index is 12.4. The number of carbonyl (C=O) groups is 2. The number of nitrogens with one attached hydrogen (secondary N) is 2. The first kappa shape index (κ1) is 17.9. The van der Waals surface area contributed by atoms with Crippen LogP contribution in [0.5, 0.6) is 0 Å². The SMILES string of the molecule is NC(CC(=O)Nc1ccccc1NC(=O)N1CCCC1)c1ccccc1. The summed E-state index contributed by atoms with van der Waals surface area (Å²) in [5.74, 6) is -0.191. The van der Waals surface area contributed by atoms with Crippen molar-refractivity contribution < 1.29 is 9.59 Å². The molecular formula is C20H24N4O2. The second kappa shape index (κ2) is 8.49. The molecule has 1 unspecified atom stereocenters. The van der Waals surface area contributed by atoms with Gasteiger partial charge in [-0.15, -0.1) is 0 Å². The van der Waals surface area contributed by atoms with Gasteiger partial charge in [0.2, 0.25) is 5.91 Å². The van der Waals surface area contributed by atoms with Gasteiger partial charge in [-0.2, -0.15) is 0 Å². The van der Waals surface area contributed by atoms with Crippen molar-refractivity contribution in [1.82, 2.24) is 4.90 Å². The summed E-state index contributed by atoms with van der Waals surface area (Å²) < 4.78 is 0. The quantitative estimate of drug-likeness (QED) is 0.771. The third-order valence-electron chi connectivity index (χ3n) is 4.47. The van der Waals surface area contributed by atoms with Crippen molar-refractivity contribution in [3.8, 4) is 0 Å². The molecule has 2 aromatic rings. The van der Waals surface area contributed by atoms with Crippen molar-refractivity contribution in [1.29, 1.82) is 0 Å². The van der Waals surface area contributed by atoms with Gasteiger partial charge in [-0.25, -0.2) is 4.79 Å². The first-order valence-corrected chi connectivity index (χ1v) is 8.89. The Kier molecular flexibility index (Phi) is 5.86. The summed E-state index contributed by atoms with van der Waals surface area (Å²) in [6, 6.07) is 16.2. The molecule has 1 atom stereocenters. The number of rotatable bonds is 5. The van der Waals surface area contributed by atoms with E-state index in [4.69, 9.17) is 5.73 Å². The fraction of sp³-hybridized carbons (Fsp3) is 0.300. The molecule has 1 fully saturated rings. The molecule has 0 spiro atoms. The highest BCUT2D eigenvalue weighted by atomic mass is 16.2. The van der Waals surface area contributed by atoms with Crippen LogP contribution >= 0.6 is 0 Å². The molecule has 3 rings (SSSR count). The third kappa shape index (κ3) is 4.61. The van der Waals surface area contributed by atoms with Crippen LogP contribution in [0.4, 0.5) is 16.2 Å². The second-order valence-corrected chi connectivity index (χ2v) is 6.44. The fourth-order valence-corrected chi connectivity index (χ4v) is 3.03. The number of benzene rings is 2. The molecule has 2 aromatic carbocycles. The Morgan fingerprint density at radius 2 is 1.50 bits per heavy atom. The van der Waals surface area contributed by atoms with E-state index >= 15 is 0 Å². The molecule has 0 aromatic heterocycles. The number of anilines is 2. The number of nitrogens with zero attached hydrogens (tertiary/aromatic N) is 1. The lowest BCUT2D eigenvalue weighted by Crippen LogP contribution is -2.32. The minimum absolute atomic E-state index is 0.134. The van der Waals surface area contributed by atoms with E-state index in [2.05, 4.69) is 10.6 Å².